The van der Waals surface area contributed by atoms with Gasteiger partial charge in [0.25, 0.3) is 5.91 Å². The molecule has 0 aliphatic rings. The Kier molecular flexibility index (Phi) is 6.16. The second kappa shape index (κ2) is 8.11. The van der Waals surface area contributed by atoms with Crippen LogP contribution in [0.15, 0.2) is 53.4 Å². The molecule has 0 heterocycles. The van der Waals surface area contributed by atoms with Crippen LogP contribution in [0.25, 0.3) is 0 Å². The first-order chi connectivity index (χ1) is 10.6. The third kappa shape index (κ3) is 4.68. The van der Waals surface area contributed by atoms with E-state index in [-0.39, 0.29) is 5.91 Å². The van der Waals surface area contributed by atoms with Crippen LogP contribution in [0.1, 0.15) is 13.3 Å². The molecular formula is C17H18ClNO2S. The summed E-state index contributed by atoms with van der Waals surface area (Å²) in [4.78, 5) is 13.5. The highest BCUT2D eigenvalue weighted by molar-refractivity contribution is 7.98. The van der Waals surface area contributed by atoms with Crippen LogP contribution in [0, 0.1) is 0 Å². The normalized spacial score (nSPS) is 11.8. The number of carbonyl (C=O) groups excluding carboxylic acids is 1. The van der Waals surface area contributed by atoms with E-state index in [0.29, 0.717) is 17.2 Å². The topological polar surface area (TPSA) is 38.3 Å². The first-order valence-electron chi connectivity index (χ1n) is 6.99. The van der Waals surface area contributed by atoms with Crippen molar-refractivity contribution in [2.45, 2.75) is 24.3 Å². The maximum atomic E-state index is 12.4. The third-order valence-corrected chi connectivity index (χ3v) is 4.04. The van der Waals surface area contributed by atoms with Gasteiger partial charge in [-0.3, -0.25) is 4.79 Å². The van der Waals surface area contributed by atoms with Crippen LogP contribution in [0.2, 0.25) is 5.02 Å². The minimum atomic E-state index is -0.559. The predicted molar refractivity (Wildman–Crippen MR) is 93.0 cm³/mol. The largest absolute Gasteiger partial charge is 0.481 e. The molecule has 3 nitrogen and oxygen atoms in total. The van der Waals surface area contributed by atoms with E-state index in [1.807, 2.05) is 37.4 Å². The molecule has 116 valence electrons. The maximum Gasteiger partial charge on any atom is 0.265 e. The average molecular weight is 336 g/mol. The summed E-state index contributed by atoms with van der Waals surface area (Å²) in [6, 6.07) is 14.8. The lowest BCUT2D eigenvalue weighted by Gasteiger charge is -2.17. The van der Waals surface area contributed by atoms with Gasteiger partial charge in [0, 0.05) is 15.6 Å². The van der Waals surface area contributed by atoms with Crippen LogP contribution in [0.3, 0.4) is 0 Å². The number of thioether (sulfide) groups is 1. The van der Waals surface area contributed by atoms with Crippen LogP contribution in [0.4, 0.5) is 5.69 Å². The number of nitrogens with one attached hydrogen (secondary N) is 1. The number of hydrogen-bond donors (Lipinski definition) is 1. The van der Waals surface area contributed by atoms with Gasteiger partial charge in [-0.2, -0.15) is 0 Å². The molecule has 0 aliphatic heterocycles. The summed E-state index contributed by atoms with van der Waals surface area (Å²) in [5.74, 6) is 0.424. The zero-order chi connectivity index (χ0) is 15.9. The molecule has 0 aromatic heterocycles. The van der Waals surface area contributed by atoms with Crippen molar-refractivity contribution in [3.05, 3.63) is 53.6 Å². The molecule has 1 N–H and O–H groups in total. The van der Waals surface area contributed by atoms with E-state index < -0.39 is 6.10 Å². The van der Waals surface area contributed by atoms with Crippen molar-refractivity contribution in [1.82, 2.24) is 0 Å². The maximum absolute atomic E-state index is 12.4. The van der Waals surface area contributed by atoms with E-state index in [1.54, 1.807) is 36.0 Å². The van der Waals surface area contributed by atoms with Crippen molar-refractivity contribution in [3.63, 3.8) is 0 Å². The van der Waals surface area contributed by atoms with E-state index in [4.69, 9.17) is 16.3 Å². The average Bonchev–Trinajstić information content (AvgIpc) is 2.52. The van der Waals surface area contributed by atoms with E-state index in [0.717, 1.165) is 10.6 Å². The molecule has 1 unspecified atom stereocenters. The lowest BCUT2D eigenvalue weighted by atomic mass is 10.2. The number of amides is 1. The fourth-order valence-electron chi connectivity index (χ4n) is 1.95. The number of benzene rings is 2. The summed E-state index contributed by atoms with van der Waals surface area (Å²) in [7, 11) is 0. The zero-order valence-electron chi connectivity index (χ0n) is 12.5. The van der Waals surface area contributed by atoms with Crippen molar-refractivity contribution in [2.75, 3.05) is 11.6 Å². The molecule has 1 amide bonds. The summed E-state index contributed by atoms with van der Waals surface area (Å²) in [6.45, 7) is 1.91. The molecule has 0 radical (unpaired) electrons. The van der Waals surface area contributed by atoms with Crippen LogP contribution in [0.5, 0.6) is 5.75 Å². The van der Waals surface area contributed by atoms with Gasteiger partial charge in [-0.15, -0.1) is 11.8 Å². The summed E-state index contributed by atoms with van der Waals surface area (Å²) in [6.07, 6.45) is 2.01. The summed E-state index contributed by atoms with van der Waals surface area (Å²) in [5, 5.41) is 3.48. The highest BCUT2D eigenvalue weighted by Gasteiger charge is 2.18. The summed E-state index contributed by atoms with van der Waals surface area (Å²) in [5.41, 5.74) is 0.769. The number of hydrogen-bond acceptors (Lipinski definition) is 3. The minimum absolute atomic E-state index is 0.166. The first kappa shape index (κ1) is 16.7. The van der Waals surface area contributed by atoms with Crippen LogP contribution < -0.4 is 10.1 Å². The van der Waals surface area contributed by atoms with Gasteiger partial charge in [0.1, 0.15) is 5.75 Å². The molecule has 5 heteroatoms. The number of halogens is 1. The van der Waals surface area contributed by atoms with Crippen molar-refractivity contribution in [3.8, 4) is 5.75 Å². The molecule has 22 heavy (non-hydrogen) atoms. The zero-order valence-corrected chi connectivity index (χ0v) is 14.1. The highest BCUT2D eigenvalue weighted by Crippen LogP contribution is 2.21. The Labute approximate surface area is 140 Å². The molecule has 2 rings (SSSR count). The molecule has 2 aromatic carbocycles. The Balaban J connectivity index is 2.05. The predicted octanol–water partition coefficient (Wildman–Crippen LogP) is 4.86. The standard InChI is InChI=1S/C17H18ClNO2S/c1-3-16(21-14-8-4-6-12(18)10-14)17(20)19-13-7-5-9-15(11-13)22-2/h4-11,16H,3H2,1-2H3,(H,19,20). The van der Waals surface area contributed by atoms with E-state index in [2.05, 4.69) is 5.32 Å². The fourth-order valence-corrected chi connectivity index (χ4v) is 2.59. The number of anilines is 1. The van der Waals surface area contributed by atoms with Crippen molar-refractivity contribution in [2.24, 2.45) is 0 Å². The van der Waals surface area contributed by atoms with Crippen molar-refractivity contribution >= 4 is 35.0 Å². The molecule has 0 spiro atoms. The van der Waals surface area contributed by atoms with Gasteiger partial charge in [-0.1, -0.05) is 30.7 Å². The van der Waals surface area contributed by atoms with Gasteiger partial charge in [-0.05, 0) is 49.1 Å². The lowest BCUT2D eigenvalue weighted by molar-refractivity contribution is -0.122. The second-order valence-corrected chi connectivity index (χ2v) is 6.01. The quantitative estimate of drug-likeness (QED) is 0.766. The molecule has 0 fully saturated rings. The minimum Gasteiger partial charge on any atom is -0.481 e. The highest BCUT2D eigenvalue weighted by atomic mass is 35.5. The SMILES string of the molecule is CCC(Oc1cccc(Cl)c1)C(=O)Nc1cccc(SC)c1. The molecule has 0 saturated heterocycles. The van der Waals surface area contributed by atoms with Crippen molar-refractivity contribution in [1.29, 1.82) is 0 Å². The molecule has 2 aromatic rings. The number of rotatable bonds is 6. The molecule has 0 aliphatic carbocycles. The van der Waals surface area contributed by atoms with E-state index >= 15 is 0 Å². The molecular weight excluding hydrogens is 318 g/mol. The van der Waals surface area contributed by atoms with Gasteiger partial charge in [0.15, 0.2) is 6.10 Å². The first-order valence-corrected chi connectivity index (χ1v) is 8.59. The third-order valence-electron chi connectivity index (χ3n) is 3.07. The summed E-state index contributed by atoms with van der Waals surface area (Å²) >= 11 is 7.56. The molecule has 0 saturated carbocycles. The Morgan fingerprint density at radius 1 is 1.27 bits per heavy atom. The number of ether oxygens (including phenoxy) is 1. The Morgan fingerprint density at radius 2 is 2.05 bits per heavy atom. The monoisotopic (exact) mass is 335 g/mol. The molecule has 1 atom stereocenters. The number of carbonyl (C=O) groups is 1. The van der Waals surface area contributed by atoms with Crippen LogP contribution in [-0.4, -0.2) is 18.3 Å². The van der Waals surface area contributed by atoms with Gasteiger partial charge in [0.2, 0.25) is 0 Å². The van der Waals surface area contributed by atoms with Crippen LogP contribution in [-0.2, 0) is 4.79 Å². The smallest absolute Gasteiger partial charge is 0.265 e. The van der Waals surface area contributed by atoms with Crippen molar-refractivity contribution < 1.29 is 9.53 Å². The Hall–Kier alpha value is -1.65. The fraction of sp³-hybridized carbons (Fsp3) is 0.235. The van der Waals surface area contributed by atoms with Gasteiger partial charge in [-0.25, -0.2) is 0 Å². The molecule has 0 bridgehead atoms. The van der Waals surface area contributed by atoms with Gasteiger partial charge in [0.05, 0.1) is 0 Å². The summed E-state index contributed by atoms with van der Waals surface area (Å²) < 4.78 is 5.73. The van der Waals surface area contributed by atoms with E-state index in [1.165, 1.54) is 0 Å². The van der Waals surface area contributed by atoms with E-state index in [9.17, 15) is 4.79 Å². The van der Waals surface area contributed by atoms with Crippen LogP contribution >= 0.6 is 23.4 Å². The lowest BCUT2D eigenvalue weighted by Crippen LogP contribution is -2.32. The second-order valence-electron chi connectivity index (χ2n) is 4.69. The Bertz CT molecular complexity index is 648. The Morgan fingerprint density at radius 3 is 2.73 bits per heavy atom. The van der Waals surface area contributed by atoms with Gasteiger partial charge < -0.3 is 10.1 Å². The van der Waals surface area contributed by atoms with Gasteiger partial charge >= 0.3 is 0 Å².